The molecule has 0 unspecified atom stereocenters. The molecule has 0 radical (unpaired) electrons. The van der Waals surface area contributed by atoms with E-state index in [0.29, 0.717) is 30.5 Å². The van der Waals surface area contributed by atoms with Gasteiger partial charge in [-0.05, 0) is 17.7 Å². The van der Waals surface area contributed by atoms with E-state index < -0.39 is 5.79 Å². The topological polar surface area (TPSA) is 58.2 Å². The van der Waals surface area contributed by atoms with Crippen molar-refractivity contribution in [2.75, 3.05) is 41.1 Å². The lowest BCUT2D eigenvalue weighted by atomic mass is 9.70. The van der Waals surface area contributed by atoms with E-state index in [4.69, 9.17) is 23.7 Å². The maximum absolute atomic E-state index is 6.06. The van der Waals surface area contributed by atoms with Crippen molar-refractivity contribution in [2.24, 2.45) is 5.41 Å². The highest BCUT2D eigenvalue weighted by Crippen LogP contribution is 2.52. The van der Waals surface area contributed by atoms with Crippen LogP contribution in [0.15, 0.2) is 12.1 Å². The van der Waals surface area contributed by atoms with Crippen LogP contribution < -0.4 is 19.5 Å². The molecule has 6 heteroatoms. The Morgan fingerprint density at radius 2 is 1.58 bits per heavy atom. The summed E-state index contributed by atoms with van der Waals surface area (Å²) in [5, 5.41) is 3.61. The number of hydrogen-bond donors (Lipinski definition) is 1. The van der Waals surface area contributed by atoms with E-state index in [-0.39, 0.29) is 11.5 Å². The van der Waals surface area contributed by atoms with Gasteiger partial charge in [0.2, 0.25) is 5.75 Å². The van der Waals surface area contributed by atoms with Crippen LogP contribution in [0.4, 0.5) is 0 Å². The molecule has 2 fully saturated rings. The molecule has 2 heterocycles. The Morgan fingerprint density at radius 1 is 1.00 bits per heavy atom. The summed E-state index contributed by atoms with van der Waals surface area (Å²) in [6.07, 6.45) is 0.834. The lowest BCUT2D eigenvalue weighted by Crippen LogP contribution is -2.58. The summed E-state index contributed by atoms with van der Waals surface area (Å²) in [5.41, 5.74) is 0.805. The third-order valence-corrected chi connectivity index (χ3v) is 5.28. The molecular weight excluding hydrogens is 310 g/mol. The van der Waals surface area contributed by atoms with Crippen LogP contribution in [0.3, 0.4) is 0 Å². The molecule has 1 aromatic carbocycles. The summed E-state index contributed by atoms with van der Waals surface area (Å²) in [4.78, 5) is 0. The molecule has 1 spiro atoms. The first-order valence-electron chi connectivity index (χ1n) is 8.30. The molecule has 0 amide bonds. The highest BCUT2D eigenvalue weighted by molar-refractivity contribution is 5.54. The van der Waals surface area contributed by atoms with Crippen LogP contribution >= 0.6 is 0 Å². The van der Waals surface area contributed by atoms with Crippen LogP contribution in [0, 0.1) is 5.41 Å². The van der Waals surface area contributed by atoms with E-state index in [1.54, 1.807) is 21.3 Å². The van der Waals surface area contributed by atoms with Crippen LogP contribution in [0.25, 0.3) is 0 Å². The number of rotatable bonds is 4. The first-order valence-corrected chi connectivity index (χ1v) is 8.30. The first kappa shape index (κ1) is 17.3. The van der Waals surface area contributed by atoms with Crippen LogP contribution in [-0.2, 0) is 9.47 Å². The van der Waals surface area contributed by atoms with Gasteiger partial charge in [0.25, 0.3) is 0 Å². The Morgan fingerprint density at radius 3 is 2.08 bits per heavy atom. The molecule has 1 atom stereocenters. The van der Waals surface area contributed by atoms with Gasteiger partial charge in [-0.1, -0.05) is 13.8 Å². The number of piperidine rings is 1. The highest BCUT2D eigenvalue weighted by Gasteiger charge is 2.56. The van der Waals surface area contributed by atoms with Crippen LogP contribution in [0.1, 0.15) is 31.9 Å². The monoisotopic (exact) mass is 337 g/mol. The van der Waals surface area contributed by atoms with Gasteiger partial charge in [0.1, 0.15) is 0 Å². The van der Waals surface area contributed by atoms with E-state index in [0.717, 1.165) is 18.5 Å². The molecule has 24 heavy (non-hydrogen) atoms. The Kier molecular flexibility index (Phi) is 4.64. The van der Waals surface area contributed by atoms with Gasteiger partial charge < -0.3 is 29.0 Å². The fraction of sp³-hybridized carbons (Fsp3) is 0.667. The van der Waals surface area contributed by atoms with Gasteiger partial charge in [0.15, 0.2) is 17.3 Å². The minimum atomic E-state index is -0.552. The Hall–Kier alpha value is -1.50. The Labute approximate surface area is 143 Å². The van der Waals surface area contributed by atoms with Crippen LogP contribution in [-0.4, -0.2) is 46.9 Å². The maximum Gasteiger partial charge on any atom is 0.203 e. The predicted molar refractivity (Wildman–Crippen MR) is 89.9 cm³/mol. The zero-order valence-corrected chi connectivity index (χ0v) is 15.1. The summed E-state index contributed by atoms with van der Waals surface area (Å²) < 4.78 is 28.5. The van der Waals surface area contributed by atoms with Crippen molar-refractivity contribution < 1.29 is 23.7 Å². The predicted octanol–water partition coefficient (Wildman–Crippen LogP) is 2.52. The number of benzene rings is 1. The Bertz CT molecular complexity index is 570. The largest absolute Gasteiger partial charge is 0.493 e. The maximum atomic E-state index is 6.06. The quantitative estimate of drug-likeness (QED) is 0.911. The summed E-state index contributed by atoms with van der Waals surface area (Å²) in [5.74, 6) is 1.35. The molecule has 2 saturated heterocycles. The summed E-state index contributed by atoms with van der Waals surface area (Å²) >= 11 is 0. The van der Waals surface area contributed by atoms with Gasteiger partial charge in [-0.15, -0.1) is 0 Å². The summed E-state index contributed by atoms with van der Waals surface area (Å²) in [7, 11) is 4.87. The molecule has 2 aliphatic heterocycles. The molecule has 134 valence electrons. The van der Waals surface area contributed by atoms with Crippen LogP contribution in [0.5, 0.6) is 17.2 Å². The zero-order chi connectivity index (χ0) is 17.4. The first-order chi connectivity index (χ1) is 11.5. The molecule has 0 aliphatic carbocycles. The lowest BCUT2D eigenvalue weighted by molar-refractivity contribution is -0.252. The standard InChI is InChI=1S/C18H27NO5/c1-17(2)16(19-7-6-18(17)23-8-9-24-18)12-10-13(20-3)15(22-5)14(11-12)21-4/h10-11,16,19H,6-9H2,1-5H3/t16-/m0/s1. The molecule has 0 saturated carbocycles. The van der Waals surface area contributed by atoms with Crippen molar-refractivity contribution in [3.05, 3.63) is 17.7 Å². The van der Waals surface area contributed by atoms with Gasteiger partial charge in [0, 0.05) is 24.4 Å². The average Bonchev–Trinajstić information content (AvgIpc) is 3.06. The van der Waals surface area contributed by atoms with Gasteiger partial charge >= 0.3 is 0 Å². The third kappa shape index (κ3) is 2.53. The second-order valence-corrected chi connectivity index (χ2v) is 6.77. The summed E-state index contributed by atoms with van der Waals surface area (Å²) in [6, 6.07) is 4.03. The number of ether oxygens (including phenoxy) is 5. The number of methoxy groups -OCH3 is 3. The minimum Gasteiger partial charge on any atom is -0.493 e. The molecular formula is C18H27NO5. The van der Waals surface area contributed by atoms with Crippen molar-refractivity contribution in [2.45, 2.75) is 32.1 Å². The Balaban J connectivity index is 2.04. The molecule has 0 aromatic heterocycles. The second kappa shape index (κ2) is 6.43. The molecule has 1 N–H and O–H groups in total. The van der Waals surface area contributed by atoms with Gasteiger partial charge in [-0.3, -0.25) is 0 Å². The van der Waals surface area contributed by atoms with Crippen LogP contribution in [0.2, 0.25) is 0 Å². The van der Waals surface area contributed by atoms with Crippen molar-refractivity contribution in [1.29, 1.82) is 0 Å². The minimum absolute atomic E-state index is 0.0399. The smallest absolute Gasteiger partial charge is 0.203 e. The van der Waals surface area contributed by atoms with Gasteiger partial charge in [-0.2, -0.15) is 0 Å². The molecule has 2 aliphatic rings. The lowest BCUT2D eigenvalue weighted by Gasteiger charge is -2.51. The van der Waals surface area contributed by atoms with E-state index in [9.17, 15) is 0 Å². The van der Waals surface area contributed by atoms with E-state index in [1.807, 2.05) is 12.1 Å². The highest BCUT2D eigenvalue weighted by atomic mass is 16.7. The zero-order valence-electron chi connectivity index (χ0n) is 15.1. The molecule has 1 aromatic rings. The number of nitrogens with one attached hydrogen (secondary N) is 1. The van der Waals surface area contributed by atoms with E-state index >= 15 is 0 Å². The van der Waals surface area contributed by atoms with E-state index in [1.165, 1.54) is 0 Å². The molecule has 0 bridgehead atoms. The van der Waals surface area contributed by atoms with Crippen molar-refractivity contribution in [1.82, 2.24) is 5.32 Å². The fourth-order valence-electron chi connectivity index (χ4n) is 3.95. The van der Waals surface area contributed by atoms with Gasteiger partial charge in [-0.25, -0.2) is 0 Å². The molecule has 3 rings (SSSR count). The van der Waals surface area contributed by atoms with Crippen molar-refractivity contribution in [3.63, 3.8) is 0 Å². The third-order valence-electron chi connectivity index (χ3n) is 5.28. The second-order valence-electron chi connectivity index (χ2n) is 6.77. The normalized spacial score (nSPS) is 24.8. The van der Waals surface area contributed by atoms with E-state index in [2.05, 4.69) is 19.2 Å². The molecule has 6 nitrogen and oxygen atoms in total. The van der Waals surface area contributed by atoms with Crippen molar-refractivity contribution >= 4 is 0 Å². The summed E-state index contributed by atoms with van der Waals surface area (Å²) in [6.45, 7) is 6.47. The van der Waals surface area contributed by atoms with Gasteiger partial charge in [0.05, 0.1) is 34.5 Å². The fourth-order valence-corrected chi connectivity index (χ4v) is 3.95. The number of hydrogen-bond acceptors (Lipinski definition) is 6. The van der Waals surface area contributed by atoms with Crippen molar-refractivity contribution in [3.8, 4) is 17.2 Å². The average molecular weight is 337 g/mol. The SMILES string of the molecule is COc1cc([C@@H]2NCCC3(OCCO3)C2(C)C)cc(OC)c1OC.